The quantitative estimate of drug-likeness (QED) is 0.778. The van der Waals surface area contributed by atoms with Gasteiger partial charge in [0.25, 0.3) is 0 Å². The van der Waals surface area contributed by atoms with Crippen LogP contribution in [0.5, 0.6) is 5.75 Å². The van der Waals surface area contributed by atoms with Gasteiger partial charge in [0, 0.05) is 11.5 Å². The molecule has 0 bridgehead atoms. The van der Waals surface area contributed by atoms with Crippen LogP contribution in [0, 0.1) is 5.92 Å². The van der Waals surface area contributed by atoms with Gasteiger partial charge in [-0.15, -0.1) is 0 Å². The number of phenols is 1. The molecule has 0 saturated heterocycles. The molecule has 0 aliphatic carbocycles. The van der Waals surface area contributed by atoms with Gasteiger partial charge in [0.1, 0.15) is 5.75 Å². The molecule has 16 heavy (non-hydrogen) atoms. The Morgan fingerprint density at radius 3 is 2.56 bits per heavy atom. The molecule has 0 radical (unpaired) electrons. The number of hydrogen-bond donors (Lipinski definition) is 1. The van der Waals surface area contributed by atoms with E-state index in [1.54, 1.807) is 12.1 Å². The van der Waals surface area contributed by atoms with Gasteiger partial charge in [-0.2, -0.15) is 0 Å². The van der Waals surface area contributed by atoms with Crippen LogP contribution in [0.2, 0.25) is 0 Å². The lowest BCUT2D eigenvalue weighted by atomic mass is 9.95. The van der Waals surface area contributed by atoms with Crippen molar-refractivity contribution in [3.05, 3.63) is 42.0 Å². The van der Waals surface area contributed by atoms with E-state index < -0.39 is 0 Å². The van der Waals surface area contributed by atoms with Crippen LogP contribution in [0.1, 0.15) is 24.2 Å². The van der Waals surface area contributed by atoms with Crippen molar-refractivity contribution < 1.29 is 9.90 Å². The van der Waals surface area contributed by atoms with E-state index in [0.717, 1.165) is 10.8 Å². The lowest BCUT2D eigenvalue weighted by Crippen LogP contribution is -2.07. The number of ketones is 1. The summed E-state index contributed by atoms with van der Waals surface area (Å²) in [6, 6.07) is 10.8. The fourth-order valence-corrected chi connectivity index (χ4v) is 1.81. The zero-order chi connectivity index (χ0) is 11.7. The summed E-state index contributed by atoms with van der Waals surface area (Å²) in [6.45, 7) is 3.72. The second-order valence-electron chi connectivity index (χ2n) is 4.23. The predicted molar refractivity (Wildman–Crippen MR) is 64.8 cm³/mol. The van der Waals surface area contributed by atoms with Crippen LogP contribution in [0.15, 0.2) is 36.4 Å². The van der Waals surface area contributed by atoms with E-state index in [9.17, 15) is 9.90 Å². The molecule has 0 aliphatic heterocycles. The zero-order valence-electron chi connectivity index (χ0n) is 9.40. The summed E-state index contributed by atoms with van der Waals surface area (Å²) in [5, 5.41) is 11.4. The summed E-state index contributed by atoms with van der Waals surface area (Å²) in [5.74, 6) is 0.139. The maximum absolute atomic E-state index is 12.0. The molecule has 82 valence electrons. The van der Waals surface area contributed by atoms with Crippen LogP contribution in [0.3, 0.4) is 0 Å². The number of phenolic OH excluding ortho intramolecular Hbond substituents is 1. The van der Waals surface area contributed by atoms with E-state index in [-0.39, 0.29) is 17.5 Å². The third-order valence-corrected chi connectivity index (χ3v) is 2.64. The molecular weight excluding hydrogens is 200 g/mol. The normalized spacial score (nSPS) is 10.9. The van der Waals surface area contributed by atoms with E-state index >= 15 is 0 Å². The molecule has 0 atom stereocenters. The van der Waals surface area contributed by atoms with Gasteiger partial charge in [0.2, 0.25) is 0 Å². The van der Waals surface area contributed by atoms with Crippen LogP contribution < -0.4 is 0 Å². The van der Waals surface area contributed by atoms with E-state index in [0.29, 0.717) is 5.56 Å². The fourth-order valence-electron chi connectivity index (χ4n) is 1.81. The molecule has 0 aliphatic rings. The Balaban J connectivity index is 2.72. The van der Waals surface area contributed by atoms with Crippen molar-refractivity contribution in [3.8, 4) is 5.75 Å². The molecule has 1 N–H and O–H groups in total. The number of rotatable bonds is 2. The molecule has 0 aromatic heterocycles. The number of Topliss-reactive ketones (excluding diaryl/α,β-unsaturated/α-hetero) is 1. The Hall–Kier alpha value is -1.83. The van der Waals surface area contributed by atoms with Crippen LogP contribution in [-0.2, 0) is 0 Å². The summed E-state index contributed by atoms with van der Waals surface area (Å²) in [4.78, 5) is 12.0. The van der Waals surface area contributed by atoms with Crippen molar-refractivity contribution in [2.24, 2.45) is 5.92 Å². The monoisotopic (exact) mass is 214 g/mol. The van der Waals surface area contributed by atoms with Crippen LogP contribution in [-0.4, -0.2) is 10.9 Å². The molecule has 0 amide bonds. The van der Waals surface area contributed by atoms with Gasteiger partial charge in [0.15, 0.2) is 5.78 Å². The van der Waals surface area contributed by atoms with Gasteiger partial charge in [-0.3, -0.25) is 4.79 Å². The number of hydrogen-bond acceptors (Lipinski definition) is 2. The summed E-state index contributed by atoms with van der Waals surface area (Å²) < 4.78 is 0. The van der Waals surface area contributed by atoms with Gasteiger partial charge in [-0.25, -0.2) is 0 Å². The van der Waals surface area contributed by atoms with Gasteiger partial charge in [0.05, 0.1) is 0 Å². The maximum Gasteiger partial charge on any atom is 0.166 e. The Bertz CT molecular complexity index is 541. The number of fused-ring (bicyclic) bond motifs is 1. The minimum atomic E-state index is -0.0646. The highest BCUT2D eigenvalue weighted by Crippen LogP contribution is 2.26. The second kappa shape index (κ2) is 3.97. The van der Waals surface area contributed by atoms with E-state index in [1.165, 1.54) is 0 Å². The second-order valence-corrected chi connectivity index (χ2v) is 4.23. The zero-order valence-corrected chi connectivity index (χ0v) is 9.40. The van der Waals surface area contributed by atoms with Crippen molar-refractivity contribution >= 4 is 16.6 Å². The lowest BCUT2D eigenvalue weighted by Gasteiger charge is -2.08. The largest absolute Gasteiger partial charge is 0.508 e. The molecule has 2 nitrogen and oxygen atoms in total. The van der Waals surface area contributed by atoms with E-state index in [1.807, 2.05) is 38.1 Å². The first-order chi connectivity index (χ1) is 7.59. The van der Waals surface area contributed by atoms with Crippen molar-refractivity contribution in [3.63, 3.8) is 0 Å². The number of carbonyl (C=O) groups excluding carboxylic acids is 1. The average molecular weight is 214 g/mol. The highest BCUT2D eigenvalue weighted by Gasteiger charge is 2.14. The minimum absolute atomic E-state index is 0.0621. The Morgan fingerprint density at radius 1 is 1.19 bits per heavy atom. The maximum atomic E-state index is 12.0. The third kappa shape index (κ3) is 1.78. The highest BCUT2D eigenvalue weighted by atomic mass is 16.3. The van der Waals surface area contributed by atoms with E-state index in [2.05, 4.69) is 0 Å². The smallest absolute Gasteiger partial charge is 0.166 e. The molecule has 2 aromatic rings. The lowest BCUT2D eigenvalue weighted by molar-refractivity contribution is 0.0940. The van der Waals surface area contributed by atoms with Gasteiger partial charge in [-0.1, -0.05) is 38.1 Å². The van der Waals surface area contributed by atoms with Crippen LogP contribution in [0.4, 0.5) is 0 Å². The first kappa shape index (κ1) is 10.7. The van der Waals surface area contributed by atoms with Crippen LogP contribution in [0.25, 0.3) is 10.8 Å². The van der Waals surface area contributed by atoms with Gasteiger partial charge >= 0.3 is 0 Å². The first-order valence-corrected chi connectivity index (χ1v) is 5.35. The minimum Gasteiger partial charge on any atom is -0.508 e. The first-order valence-electron chi connectivity index (χ1n) is 5.35. The van der Waals surface area contributed by atoms with Crippen LogP contribution >= 0.6 is 0 Å². The SMILES string of the molecule is CC(C)C(=O)c1cc(O)cc2ccccc12. The molecule has 0 heterocycles. The number of benzene rings is 2. The van der Waals surface area contributed by atoms with Crippen molar-refractivity contribution in [1.29, 1.82) is 0 Å². The van der Waals surface area contributed by atoms with Crippen molar-refractivity contribution in [1.82, 2.24) is 0 Å². The molecule has 2 rings (SSSR count). The van der Waals surface area contributed by atoms with Crippen molar-refractivity contribution in [2.45, 2.75) is 13.8 Å². The molecule has 0 fully saturated rings. The highest BCUT2D eigenvalue weighted by molar-refractivity contribution is 6.09. The average Bonchev–Trinajstić information content (AvgIpc) is 2.26. The topological polar surface area (TPSA) is 37.3 Å². The predicted octanol–water partition coefficient (Wildman–Crippen LogP) is 3.38. The molecular formula is C14H14O2. The van der Waals surface area contributed by atoms with Gasteiger partial charge < -0.3 is 5.11 Å². The molecule has 0 saturated carbocycles. The number of aromatic hydroxyl groups is 1. The summed E-state index contributed by atoms with van der Waals surface area (Å²) >= 11 is 0. The molecule has 0 spiro atoms. The number of carbonyl (C=O) groups is 1. The Kier molecular flexibility index (Phi) is 2.65. The van der Waals surface area contributed by atoms with E-state index in [4.69, 9.17) is 0 Å². The Morgan fingerprint density at radius 2 is 1.88 bits per heavy atom. The molecule has 0 unspecified atom stereocenters. The molecule has 2 heteroatoms. The molecule has 2 aromatic carbocycles. The Labute approximate surface area is 94.5 Å². The summed E-state index contributed by atoms with van der Waals surface area (Å²) in [6.07, 6.45) is 0. The summed E-state index contributed by atoms with van der Waals surface area (Å²) in [5.41, 5.74) is 0.602. The standard InChI is InChI=1S/C14H14O2/c1-9(2)14(16)13-8-11(15)7-10-5-3-4-6-12(10)13/h3-9,15H,1-2H3. The fraction of sp³-hybridized carbons (Fsp3) is 0.214. The van der Waals surface area contributed by atoms with Gasteiger partial charge in [-0.05, 0) is 22.9 Å². The third-order valence-electron chi connectivity index (χ3n) is 2.64. The van der Waals surface area contributed by atoms with Crippen molar-refractivity contribution in [2.75, 3.05) is 0 Å². The summed E-state index contributed by atoms with van der Waals surface area (Å²) in [7, 11) is 0.